The summed E-state index contributed by atoms with van der Waals surface area (Å²) in [4.78, 5) is 24.9. The molecule has 84 valence electrons. The van der Waals surface area contributed by atoms with E-state index in [2.05, 4.69) is 4.98 Å². The molecule has 0 amide bonds. The Labute approximate surface area is 90.3 Å². The SMILES string of the molecule is NCCn1c(=O)[nH]c2ccc(C(=O)O)cc21. The second kappa shape index (κ2) is 3.82. The van der Waals surface area contributed by atoms with E-state index in [1.807, 2.05) is 0 Å². The van der Waals surface area contributed by atoms with Crippen LogP contribution in [0.1, 0.15) is 10.4 Å². The van der Waals surface area contributed by atoms with E-state index in [0.29, 0.717) is 24.1 Å². The number of H-pyrrole nitrogens is 1. The number of nitrogens with one attached hydrogen (secondary N) is 1. The Balaban J connectivity index is 2.69. The predicted octanol–water partition coefficient (Wildman–Crippen LogP) is -0.0135. The maximum absolute atomic E-state index is 11.5. The van der Waals surface area contributed by atoms with Crippen molar-refractivity contribution >= 4 is 17.0 Å². The fraction of sp³-hybridized carbons (Fsp3) is 0.200. The van der Waals surface area contributed by atoms with Gasteiger partial charge in [0.2, 0.25) is 0 Å². The van der Waals surface area contributed by atoms with Gasteiger partial charge in [-0.25, -0.2) is 9.59 Å². The first-order valence-corrected chi connectivity index (χ1v) is 4.79. The smallest absolute Gasteiger partial charge is 0.335 e. The van der Waals surface area contributed by atoms with Crippen LogP contribution in [-0.2, 0) is 6.54 Å². The van der Waals surface area contributed by atoms with Crippen LogP contribution in [0.5, 0.6) is 0 Å². The lowest BCUT2D eigenvalue weighted by molar-refractivity contribution is 0.0697. The number of nitrogens with two attached hydrogens (primary N) is 1. The van der Waals surface area contributed by atoms with Gasteiger partial charge in [-0.1, -0.05) is 0 Å². The van der Waals surface area contributed by atoms with Gasteiger partial charge < -0.3 is 15.8 Å². The molecule has 16 heavy (non-hydrogen) atoms. The van der Waals surface area contributed by atoms with E-state index in [-0.39, 0.29) is 11.3 Å². The van der Waals surface area contributed by atoms with Crippen molar-refractivity contribution in [2.24, 2.45) is 5.73 Å². The van der Waals surface area contributed by atoms with Gasteiger partial charge in [0.25, 0.3) is 0 Å². The van der Waals surface area contributed by atoms with E-state index < -0.39 is 5.97 Å². The molecular weight excluding hydrogens is 210 g/mol. The summed E-state index contributed by atoms with van der Waals surface area (Å²) in [6.45, 7) is 0.687. The zero-order valence-corrected chi connectivity index (χ0v) is 8.43. The van der Waals surface area contributed by atoms with Crippen molar-refractivity contribution in [1.82, 2.24) is 9.55 Å². The van der Waals surface area contributed by atoms with Crippen molar-refractivity contribution in [2.45, 2.75) is 6.54 Å². The number of nitrogens with zero attached hydrogens (tertiary/aromatic N) is 1. The Morgan fingerprint density at radius 3 is 2.88 bits per heavy atom. The zero-order valence-electron chi connectivity index (χ0n) is 8.43. The van der Waals surface area contributed by atoms with Gasteiger partial charge in [0.05, 0.1) is 16.6 Å². The lowest BCUT2D eigenvalue weighted by Gasteiger charge is -2.00. The minimum Gasteiger partial charge on any atom is -0.478 e. The number of carboxylic acids is 1. The van der Waals surface area contributed by atoms with Gasteiger partial charge in [0, 0.05) is 13.1 Å². The van der Waals surface area contributed by atoms with Crippen LogP contribution in [0, 0.1) is 0 Å². The average molecular weight is 221 g/mol. The van der Waals surface area contributed by atoms with E-state index >= 15 is 0 Å². The predicted molar refractivity (Wildman–Crippen MR) is 58.6 cm³/mol. The number of hydrogen-bond donors (Lipinski definition) is 3. The Morgan fingerprint density at radius 1 is 1.50 bits per heavy atom. The van der Waals surface area contributed by atoms with Gasteiger partial charge in [0.1, 0.15) is 0 Å². The van der Waals surface area contributed by atoms with E-state index in [1.54, 1.807) is 6.07 Å². The summed E-state index contributed by atoms with van der Waals surface area (Å²) in [6, 6.07) is 4.49. The molecule has 0 unspecified atom stereocenters. The second-order valence-corrected chi connectivity index (χ2v) is 3.41. The van der Waals surface area contributed by atoms with Crippen molar-refractivity contribution in [2.75, 3.05) is 6.54 Å². The molecule has 0 aliphatic rings. The molecule has 1 aromatic carbocycles. The van der Waals surface area contributed by atoms with Crippen LogP contribution in [0.2, 0.25) is 0 Å². The number of imidazole rings is 1. The fourth-order valence-electron chi connectivity index (χ4n) is 1.64. The highest BCUT2D eigenvalue weighted by Crippen LogP contribution is 2.12. The molecule has 4 N–H and O–H groups in total. The molecule has 6 nitrogen and oxygen atoms in total. The number of hydrogen-bond acceptors (Lipinski definition) is 3. The minimum absolute atomic E-state index is 0.150. The molecule has 0 fully saturated rings. The number of aromatic nitrogens is 2. The molecule has 0 bridgehead atoms. The van der Waals surface area contributed by atoms with Gasteiger partial charge in [-0.05, 0) is 18.2 Å². The first kappa shape index (κ1) is 10.4. The Morgan fingerprint density at radius 2 is 2.25 bits per heavy atom. The number of aromatic carboxylic acids is 1. The number of carbonyl (C=O) groups is 1. The molecule has 1 aromatic heterocycles. The zero-order chi connectivity index (χ0) is 11.7. The third kappa shape index (κ3) is 1.59. The Kier molecular flexibility index (Phi) is 2.49. The first-order valence-electron chi connectivity index (χ1n) is 4.79. The summed E-state index contributed by atoms with van der Waals surface area (Å²) in [7, 11) is 0. The third-order valence-corrected chi connectivity index (χ3v) is 2.37. The van der Waals surface area contributed by atoms with Gasteiger partial charge in [-0.3, -0.25) is 4.57 Å². The molecule has 2 aromatic rings. The molecule has 0 aliphatic heterocycles. The molecule has 6 heteroatoms. The van der Waals surface area contributed by atoms with Crippen LogP contribution in [0.3, 0.4) is 0 Å². The van der Waals surface area contributed by atoms with Crippen molar-refractivity contribution in [3.8, 4) is 0 Å². The van der Waals surface area contributed by atoms with Gasteiger partial charge >= 0.3 is 11.7 Å². The highest BCUT2D eigenvalue weighted by atomic mass is 16.4. The summed E-state index contributed by atoms with van der Waals surface area (Å²) in [6.07, 6.45) is 0. The lowest BCUT2D eigenvalue weighted by Crippen LogP contribution is -2.21. The Hall–Kier alpha value is -2.08. The third-order valence-electron chi connectivity index (χ3n) is 2.37. The maximum atomic E-state index is 11.5. The summed E-state index contributed by atoms with van der Waals surface area (Å²) in [5.41, 5.74) is 6.44. The van der Waals surface area contributed by atoms with Gasteiger partial charge in [-0.15, -0.1) is 0 Å². The number of fused-ring (bicyclic) bond motifs is 1. The highest BCUT2D eigenvalue weighted by molar-refractivity contribution is 5.92. The summed E-state index contributed by atoms with van der Waals surface area (Å²) >= 11 is 0. The van der Waals surface area contributed by atoms with E-state index in [0.717, 1.165) is 0 Å². The van der Waals surface area contributed by atoms with Gasteiger partial charge in [0.15, 0.2) is 0 Å². The molecular formula is C10H11N3O3. The minimum atomic E-state index is -1.02. The van der Waals surface area contributed by atoms with Crippen molar-refractivity contribution in [3.63, 3.8) is 0 Å². The van der Waals surface area contributed by atoms with Crippen molar-refractivity contribution in [1.29, 1.82) is 0 Å². The number of aromatic amines is 1. The van der Waals surface area contributed by atoms with Crippen LogP contribution >= 0.6 is 0 Å². The molecule has 0 atom stereocenters. The lowest BCUT2D eigenvalue weighted by atomic mass is 10.2. The topological polar surface area (TPSA) is 101 Å². The molecule has 0 radical (unpaired) electrons. The fourth-order valence-corrected chi connectivity index (χ4v) is 1.64. The Bertz CT molecular complexity index is 597. The summed E-state index contributed by atoms with van der Waals surface area (Å²) < 4.78 is 1.43. The van der Waals surface area contributed by atoms with E-state index in [9.17, 15) is 9.59 Å². The number of rotatable bonds is 3. The quantitative estimate of drug-likeness (QED) is 0.678. The van der Waals surface area contributed by atoms with E-state index in [4.69, 9.17) is 10.8 Å². The molecule has 0 spiro atoms. The molecule has 2 rings (SSSR count). The molecule has 0 saturated carbocycles. The highest BCUT2D eigenvalue weighted by Gasteiger charge is 2.09. The summed E-state index contributed by atoms with van der Waals surface area (Å²) in [5.74, 6) is -1.02. The first-order chi connectivity index (χ1) is 7.63. The van der Waals surface area contributed by atoms with Crippen LogP contribution in [0.25, 0.3) is 11.0 Å². The standard InChI is InChI=1S/C10H11N3O3/c11-3-4-13-8-5-6(9(14)15)1-2-7(8)12-10(13)16/h1-2,5H,3-4,11H2,(H,12,16)(H,14,15). The molecule has 0 aliphatic carbocycles. The maximum Gasteiger partial charge on any atom is 0.335 e. The van der Waals surface area contributed by atoms with Crippen LogP contribution < -0.4 is 11.4 Å². The van der Waals surface area contributed by atoms with Crippen LogP contribution in [-0.4, -0.2) is 27.2 Å². The van der Waals surface area contributed by atoms with Crippen molar-refractivity contribution < 1.29 is 9.90 Å². The van der Waals surface area contributed by atoms with E-state index in [1.165, 1.54) is 16.7 Å². The second-order valence-electron chi connectivity index (χ2n) is 3.41. The van der Waals surface area contributed by atoms with Crippen LogP contribution in [0.4, 0.5) is 0 Å². The number of carboxylic acid groups (broad SMARTS) is 1. The normalized spacial score (nSPS) is 10.8. The molecule has 1 heterocycles. The molecule has 0 saturated heterocycles. The summed E-state index contributed by atoms with van der Waals surface area (Å²) in [5, 5.41) is 8.85. The van der Waals surface area contributed by atoms with Gasteiger partial charge in [-0.2, -0.15) is 0 Å². The van der Waals surface area contributed by atoms with Crippen molar-refractivity contribution in [3.05, 3.63) is 34.2 Å². The average Bonchev–Trinajstić information content (AvgIpc) is 2.55. The van der Waals surface area contributed by atoms with Crippen LogP contribution in [0.15, 0.2) is 23.0 Å². The largest absolute Gasteiger partial charge is 0.478 e. The monoisotopic (exact) mass is 221 g/mol. The number of benzene rings is 1.